The van der Waals surface area contributed by atoms with Gasteiger partial charge in [0, 0.05) is 37.2 Å². The second-order valence-corrected chi connectivity index (χ2v) is 10.3. The Morgan fingerprint density at radius 1 is 1.21 bits per heavy atom. The topological polar surface area (TPSA) is 108 Å². The number of fused-ring (bicyclic) bond motifs is 1. The molecule has 3 aromatic rings. The predicted octanol–water partition coefficient (Wildman–Crippen LogP) is 5.36. The smallest absolute Gasteiger partial charge is 0.342 e. The van der Waals surface area contributed by atoms with Crippen LogP contribution in [0.4, 0.5) is 5.82 Å². The van der Waals surface area contributed by atoms with Crippen molar-refractivity contribution in [2.24, 2.45) is 0 Å². The van der Waals surface area contributed by atoms with Crippen molar-refractivity contribution in [2.45, 2.75) is 26.5 Å². The fourth-order valence-electron chi connectivity index (χ4n) is 4.59. The molecule has 39 heavy (non-hydrogen) atoms. The first-order chi connectivity index (χ1) is 18.9. The highest BCUT2D eigenvalue weighted by molar-refractivity contribution is 7.98. The molecule has 2 heterocycles. The molecular formula is C30H34N4O4S. The second kappa shape index (κ2) is 13.3. The molecule has 0 saturated carbocycles. The Labute approximate surface area is 233 Å². The summed E-state index contributed by atoms with van der Waals surface area (Å²) in [6.07, 6.45) is 3.93. The number of nitrogens with zero attached hydrogens (tertiary/aromatic N) is 2. The molecule has 1 aliphatic heterocycles. The summed E-state index contributed by atoms with van der Waals surface area (Å²) in [5, 5.41) is 19.6. The summed E-state index contributed by atoms with van der Waals surface area (Å²) < 4.78 is 11.6. The number of anilines is 1. The number of carboxylic acid groups (broad SMARTS) is 1. The van der Waals surface area contributed by atoms with Gasteiger partial charge in [-0.2, -0.15) is 11.8 Å². The standard InChI is InChI=1S/C30H34N4O4S/c1-20-6-4-7-24(26-8-5-9-27(32-26)33-29(37-2)25(17-31)30(35)36)28(20)38-19-21-10-11-23-18-34(14-15-39-3)13-12-22(23)16-21/h4-11,16-17,31H,12-15,18-19H2,1-3H3,(H,32,33)(H,35,36)/b29-25-,31-17?. The molecule has 2 aromatic carbocycles. The Hall–Kier alpha value is -3.82. The lowest BCUT2D eigenvalue weighted by atomic mass is 9.97. The van der Waals surface area contributed by atoms with Gasteiger partial charge >= 0.3 is 5.97 Å². The summed E-state index contributed by atoms with van der Waals surface area (Å²) >= 11 is 1.89. The largest absolute Gasteiger partial charge is 0.488 e. The van der Waals surface area contributed by atoms with E-state index in [1.54, 1.807) is 6.07 Å². The molecule has 1 aliphatic rings. The van der Waals surface area contributed by atoms with Crippen LogP contribution in [0.5, 0.6) is 5.75 Å². The number of methoxy groups -OCH3 is 1. The van der Waals surface area contributed by atoms with Crippen LogP contribution >= 0.6 is 11.8 Å². The molecule has 0 amide bonds. The molecule has 4 rings (SSSR count). The maximum absolute atomic E-state index is 11.4. The Morgan fingerprint density at radius 3 is 2.77 bits per heavy atom. The van der Waals surface area contributed by atoms with Crippen LogP contribution in [0.25, 0.3) is 11.3 Å². The van der Waals surface area contributed by atoms with Gasteiger partial charge in [0.1, 0.15) is 23.7 Å². The van der Waals surface area contributed by atoms with Gasteiger partial charge in [0.25, 0.3) is 0 Å². The van der Waals surface area contributed by atoms with Crippen LogP contribution in [0.1, 0.15) is 22.3 Å². The minimum Gasteiger partial charge on any atom is -0.488 e. The highest BCUT2D eigenvalue weighted by Crippen LogP contribution is 2.33. The number of carbonyl (C=O) groups is 1. The van der Waals surface area contributed by atoms with Crippen molar-refractivity contribution in [1.82, 2.24) is 9.88 Å². The number of thioether (sulfide) groups is 1. The van der Waals surface area contributed by atoms with E-state index in [-0.39, 0.29) is 11.5 Å². The van der Waals surface area contributed by atoms with Crippen molar-refractivity contribution >= 4 is 29.8 Å². The number of aromatic nitrogens is 1. The molecule has 0 atom stereocenters. The van der Waals surface area contributed by atoms with E-state index >= 15 is 0 Å². The molecule has 8 nitrogen and oxygen atoms in total. The third-order valence-electron chi connectivity index (χ3n) is 6.66. The van der Waals surface area contributed by atoms with Crippen LogP contribution in [0.15, 0.2) is 66.1 Å². The molecule has 0 bridgehead atoms. The van der Waals surface area contributed by atoms with Gasteiger partial charge in [-0.1, -0.05) is 36.4 Å². The van der Waals surface area contributed by atoms with Gasteiger partial charge in [-0.15, -0.1) is 0 Å². The molecule has 0 aliphatic carbocycles. The van der Waals surface area contributed by atoms with E-state index in [1.165, 1.54) is 18.2 Å². The molecule has 3 N–H and O–H groups in total. The number of aryl methyl sites for hydroxylation is 1. The zero-order valence-corrected chi connectivity index (χ0v) is 23.3. The molecule has 0 fully saturated rings. The Kier molecular flexibility index (Phi) is 9.62. The van der Waals surface area contributed by atoms with Gasteiger partial charge in [0.15, 0.2) is 0 Å². The molecular weight excluding hydrogens is 512 g/mol. The van der Waals surface area contributed by atoms with Crippen molar-refractivity contribution in [3.63, 3.8) is 0 Å². The number of nitrogens with one attached hydrogen (secondary N) is 2. The van der Waals surface area contributed by atoms with Crippen LogP contribution < -0.4 is 10.1 Å². The molecule has 1 aromatic heterocycles. The van der Waals surface area contributed by atoms with E-state index in [0.29, 0.717) is 18.1 Å². The highest BCUT2D eigenvalue weighted by atomic mass is 32.2. The summed E-state index contributed by atoms with van der Waals surface area (Å²) in [6, 6.07) is 18.0. The Morgan fingerprint density at radius 2 is 2.03 bits per heavy atom. The van der Waals surface area contributed by atoms with E-state index in [2.05, 4.69) is 39.7 Å². The summed E-state index contributed by atoms with van der Waals surface area (Å²) in [6.45, 7) is 5.66. The van der Waals surface area contributed by atoms with Gasteiger partial charge in [-0.05, 0) is 60.1 Å². The van der Waals surface area contributed by atoms with Crippen LogP contribution in [0, 0.1) is 12.3 Å². The normalized spacial score (nSPS) is 13.7. The van der Waals surface area contributed by atoms with E-state index in [9.17, 15) is 9.90 Å². The van der Waals surface area contributed by atoms with Crippen LogP contribution in [-0.2, 0) is 29.1 Å². The fraction of sp³-hybridized carbons (Fsp3) is 0.300. The monoisotopic (exact) mass is 546 g/mol. The first-order valence-electron chi connectivity index (χ1n) is 12.7. The lowest BCUT2D eigenvalue weighted by Crippen LogP contribution is -2.32. The lowest BCUT2D eigenvalue weighted by molar-refractivity contribution is -0.132. The van der Waals surface area contributed by atoms with E-state index in [0.717, 1.165) is 60.5 Å². The van der Waals surface area contributed by atoms with Crippen molar-refractivity contribution < 1.29 is 19.4 Å². The van der Waals surface area contributed by atoms with Crippen molar-refractivity contribution in [3.8, 4) is 17.0 Å². The summed E-state index contributed by atoms with van der Waals surface area (Å²) in [5.41, 5.74) is 6.11. The van der Waals surface area contributed by atoms with Crippen LogP contribution in [0.3, 0.4) is 0 Å². The van der Waals surface area contributed by atoms with Crippen LogP contribution in [-0.4, -0.2) is 59.4 Å². The number of pyridine rings is 1. The average Bonchev–Trinajstić information content (AvgIpc) is 2.95. The number of rotatable bonds is 12. The lowest BCUT2D eigenvalue weighted by Gasteiger charge is -2.29. The third-order valence-corrected chi connectivity index (χ3v) is 7.25. The number of aliphatic carboxylic acids is 1. The first-order valence-corrected chi connectivity index (χ1v) is 14.1. The zero-order chi connectivity index (χ0) is 27.8. The van der Waals surface area contributed by atoms with Gasteiger partial charge in [0.2, 0.25) is 5.88 Å². The highest BCUT2D eigenvalue weighted by Gasteiger charge is 2.18. The Balaban J connectivity index is 1.53. The van der Waals surface area contributed by atoms with Gasteiger partial charge < -0.3 is 25.3 Å². The number of carboxylic acids is 1. The molecule has 204 valence electrons. The van der Waals surface area contributed by atoms with Gasteiger partial charge in [0.05, 0.1) is 12.8 Å². The molecule has 0 spiro atoms. The fourth-order valence-corrected chi connectivity index (χ4v) is 5.03. The summed E-state index contributed by atoms with van der Waals surface area (Å²) in [5.74, 6) is 0.957. The minimum atomic E-state index is -1.27. The van der Waals surface area contributed by atoms with Gasteiger partial charge in [-0.25, -0.2) is 9.78 Å². The SMILES string of the molecule is CO/C(Nc1cccc(-c2cccc(C)c2OCc2ccc3c(c2)CCN(CCSC)C3)n1)=C(/C=N)C(=O)O. The maximum Gasteiger partial charge on any atom is 0.342 e. The quantitative estimate of drug-likeness (QED) is 0.158. The zero-order valence-electron chi connectivity index (χ0n) is 22.5. The summed E-state index contributed by atoms with van der Waals surface area (Å²) in [4.78, 5) is 18.6. The number of hydrogen-bond acceptors (Lipinski definition) is 8. The van der Waals surface area contributed by atoms with E-state index in [1.807, 2.05) is 49.0 Å². The Bertz CT molecular complexity index is 1370. The predicted molar refractivity (Wildman–Crippen MR) is 157 cm³/mol. The van der Waals surface area contributed by atoms with Crippen LogP contribution in [0.2, 0.25) is 0 Å². The molecule has 0 saturated heterocycles. The van der Waals surface area contributed by atoms with E-state index in [4.69, 9.17) is 14.9 Å². The average molecular weight is 547 g/mol. The third kappa shape index (κ3) is 6.99. The van der Waals surface area contributed by atoms with E-state index < -0.39 is 5.97 Å². The molecule has 9 heteroatoms. The van der Waals surface area contributed by atoms with Gasteiger partial charge in [-0.3, -0.25) is 4.90 Å². The summed E-state index contributed by atoms with van der Waals surface area (Å²) in [7, 11) is 1.34. The molecule has 0 radical (unpaired) electrons. The minimum absolute atomic E-state index is 0.0670. The molecule has 0 unspecified atom stereocenters. The van der Waals surface area contributed by atoms with Crippen molar-refractivity contribution in [1.29, 1.82) is 5.41 Å². The number of para-hydroxylation sites is 1. The van der Waals surface area contributed by atoms with Crippen molar-refractivity contribution in [2.75, 3.05) is 37.5 Å². The first kappa shape index (κ1) is 28.2. The number of ether oxygens (including phenoxy) is 2. The second-order valence-electron chi connectivity index (χ2n) is 9.29. The number of benzene rings is 2. The van der Waals surface area contributed by atoms with Crippen molar-refractivity contribution in [3.05, 3.63) is 88.3 Å². The number of hydrogen-bond donors (Lipinski definition) is 3. The maximum atomic E-state index is 11.4.